The molecule has 0 aromatic carbocycles. The third kappa shape index (κ3) is 10.8. The van der Waals surface area contributed by atoms with Crippen molar-refractivity contribution in [3.8, 4) is 0 Å². The van der Waals surface area contributed by atoms with Gasteiger partial charge in [-0.25, -0.2) is 4.79 Å². The van der Waals surface area contributed by atoms with Gasteiger partial charge in [-0.1, -0.05) is 98.3 Å². The van der Waals surface area contributed by atoms with E-state index in [1.165, 1.54) is 25.7 Å². The summed E-state index contributed by atoms with van der Waals surface area (Å²) in [7, 11) is 0. The van der Waals surface area contributed by atoms with Gasteiger partial charge in [0.1, 0.15) is 0 Å². The highest BCUT2D eigenvalue weighted by Crippen LogP contribution is 2.46. The fourth-order valence-corrected chi connectivity index (χ4v) is 2.24. The zero-order valence-electron chi connectivity index (χ0n) is 12.0. The van der Waals surface area contributed by atoms with Gasteiger partial charge in [0.2, 0.25) is 4.33 Å². The Kier molecular flexibility index (Phi) is 19.8. The van der Waals surface area contributed by atoms with E-state index >= 15 is 0 Å². The lowest BCUT2D eigenvalue weighted by molar-refractivity contribution is -0.138. The number of alkyl halides is 4. The van der Waals surface area contributed by atoms with Gasteiger partial charge in [-0.2, -0.15) is 0 Å². The molecule has 5 nitrogen and oxygen atoms in total. The predicted molar refractivity (Wildman–Crippen MR) is 90.0 cm³/mol. The van der Waals surface area contributed by atoms with Crippen molar-refractivity contribution >= 4 is 52.4 Å². The van der Waals surface area contributed by atoms with E-state index < -0.39 is 14.6 Å². The van der Waals surface area contributed by atoms with Crippen LogP contribution in [-0.4, -0.2) is 36.2 Å². The molecule has 0 aliphatic heterocycles. The number of unbranched alkanes of at least 4 members (excludes halogenated alkanes) is 6. The molecule has 9 heteroatoms. The van der Waals surface area contributed by atoms with E-state index in [-0.39, 0.29) is 22.8 Å². The molecule has 0 amide bonds. The maximum absolute atomic E-state index is 10.8. The van der Waals surface area contributed by atoms with Crippen molar-refractivity contribution in [2.45, 2.75) is 67.0 Å². The topological polar surface area (TPSA) is 132 Å². The number of halogens is 4. The van der Waals surface area contributed by atoms with Gasteiger partial charge in [0.25, 0.3) is 0 Å². The van der Waals surface area contributed by atoms with Gasteiger partial charge in [0, 0.05) is 0 Å². The van der Waals surface area contributed by atoms with E-state index in [1.54, 1.807) is 0 Å². The molecule has 7 N–H and O–H groups in total. The van der Waals surface area contributed by atoms with Gasteiger partial charge in [-0.05, 0) is 6.42 Å². The summed E-state index contributed by atoms with van der Waals surface area (Å²) in [6.07, 6.45) is 7.90. The van der Waals surface area contributed by atoms with Crippen molar-refractivity contribution in [1.82, 2.24) is 0 Å². The summed E-state index contributed by atoms with van der Waals surface area (Å²) in [5.74, 6) is -1.42. The Labute approximate surface area is 145 Å². The molecule has 0 atom stereocenters. The maximum Gasteiger partial charge on any atom is 0.343 e. The van der Waals surface area contributed by atoms with Gasteiger partial charge in [0.05, 0.1) is 0 Å². The minimum atomic E-state index is -2.17. The summed E-state index contributed by atoms with van der Waals surface area (Å²) in [4.78, 5) is 10.8. The van der Waals surface area contributed by atoms with Crippen LogP contribution in [0, 0.1) is 0 Å². The molecule has 132 valence electrons. The highest BCUT2D eigenvalue weighted by Gasteiger charge is 2.52. The number of hydrogen-bond acceptors (Lipinski definition) is 1. The molecule has 0 heterocycles. The fourth-order valence-electron chi connectivity index (χ4n) is 1.62. The molecule has 0 bridgehead atoms. The van der Waals surface area contributed by atoms with E-state index in [0.29, 0.717) is 6.42 Å². The minimum absolute atomic E-state index is 0. The lowest BCUT2D eigenvalue weighted by Crippen LogP contribution is -2.43. The number of carboxylic acid groups (broad SMARTS) is 1. The molecule has 0 saturated carbocycles. The normalized spacial score (nSPS) is 10.9. The third-order valence-electron chi connectivity index (χ3n) is 2.82. The molecule has 0 aromatic heterocycles. The van der Waals surface area contributed by atoms with E-state index in [1.807, 2.05) is 0 Å². The first kappa shape index (κ1) is 29.5. The Morgan fingerprint density at radius 2 is 1.24 bits per heavy atom. The van der Waals surface area contributed by atoms with Crippen LogP contribution in [-0.2, 0) is 4.79 Å². The molecule has 0 rings (SSSR count). The summed E-state index contributed by atoms with van der Waals surface area (Å²) < 4.78 is -3.83. The molecule has 21 heavy (non-hydrogen) atoms. The van der Waals surface area contributed by atoms with Crippen molar-refractivity contribution in [1.29, 1.82) is 0 Å². The van der Waals surface area contributed by atoms with E-state index in [2.05, 4.69) is 6.92 Å². The lowest BCUT2D eigenvalue weighted by Gasteiger charge is -2.28. The Hall–Kier alpha value is 0.510. The zero-order chi connectivity index (χ0) is 14.2. The van der Waals surface area contributed by atoms with Gasteiger partial charge in [0.15, 0.2) is 4.33 Å². The largest absolute Gasteiger partial charge is 0.479 e. The van der Waals surface area contributed by atoms with E-state index in [4.69, 9.17) is 51.5 Å². The Bertz CT molecular complexity index is 262. The number of carbonyl (C=O) groups is 1. The maximum atomic E-state index is 10.8. The van der Waals surface area contributed by atoms with Gasteiger partial charge in [-0.15, -0.1) is 0 Å². The second-order valence-electron chi connectivity index (χ2n) is 4.46. The summed E-state index contributed by atoms with van der Waals surface area (Å²) in [5.41, 5.74) is 0. The van der Waals surface area contributed by atoms with Gasteiger partial charge < -0.3 is 21.5 Å². The van der Waals surface area contributed by atoms with Crippen LogP contribution < -0.4 is 0 Å². The average Bonchev–Trinajstić information content (AvgIpc) is 2.27. The highest BCUT2D eigenvalue weighted by molar-refractivity contribution is 6.68. The number of rotatable bonds is 10. The van der Waals surface area contributed by atoms with Crippen LogP contribution in [0.4, 0.5) is 0 Å². The van der Waals surface area contributed by atoms with Crippen LogP contribution in [0.15, 0.2) is 0 Å². The Balaban J connectivity index is -0.000000482. The summed E-state index contributed by atoms with van der Waals surface area (Å²) in [6.45, 7) is 2.17. The first-order valence-corrected chi connectivity index (χ1v) is 7.76. The van der Waals surface area contributed by atoms with Gasteiger partial charge in [-0.3, -0.25) is 0 Å². The third-order valence-corrected chi connectivity index (χ3v) is 5.12. The van der Waals surface area contributed by atoms with Crippen LogP contribution in [0.5, 0.6) is 0 Å². The summed E-state index contributed by atoms with van der Waals surface area (Å²) in [6, 6.07) is 0. The number of aliphatic carboxylic acids is 1. The number of hydrogen-bond donors (Lipinski definition) is 1. The molecule has 0 aliphatic rings. The molecule has 0 spiro atoms. The zero-order valence-corrected chi connectivity index (χ0v) is 15.0. The molecular formula is C12H26Cl4O5. The van der Waals surface area contributed by atoms with Crippen LogP contribution in [0.3, 0.4) is 0 Å². The molecule has 0 unspecified atom stereocenters. The van der Waals surface area contributed by atoms with Crippen molar-refractivity contribution in [2.75, 3.05) is 0 Å². The van der Waals surface area contributed by atoms with Crippen LogP contribution in [0.2, 0.25) is 0 Å². The highest BCUT2D eigenvalue weighted by atomic mass is 35.5. The monoisotopic (exact) mass is 390 g/mol. The Morgan fingerprint density at radius 1 is 0.857 bits per heavy atom. The van der Waals surface area contributed by atoms with Gasteiger partial charge >= 0.3 is 5.97 Å². The van der Waals surface area contributed by atoms with Crippen LogP contribution in [0.1, 0.15) is 58.3 Å². The van der Waals surface area contributed by atoms with Crippen molar-refractivity contribution in [2.24, 2.45) is 0 Å². The lowest BCUT2D eigenvalue weighted by atomic mass is 10.1. The standard InChI is InChI=1S/C12H20Cl4O2.3H2O/c1-2-3-4-5-6-7-8-9-11(13,14)12(15,16)10(17)18;;;/h2-9H2,1H3,(H,17,18);3*1H2. The molecule has 0 aromatic rings. The van der Waals surface area contributed by atoms with Crippen molar-refractivity contribution in [3.05, 3.63) is 0 Å². The van der Waals surface area contributed by atoms with Crippen molar-refractivity contribution < 1.29 is 26.3 Å². The summed E-state index contributed by atoms with van der Waals surface area (Å²) >= 11 is 23.1. The number of carboxylic acids is 1. The summed E-state index contributed by atoms with van der Waals surface area (Å²) in [5, 5.41) is 8.84. The Morgan fingerprint density at radius 3 is 1.62 bits per heavy atom. The van der Waals surface area contributed by atoms with E-state index in [9.17, 15) is 4.79 Å². The average molecular weight is 392 g/mol. The SMILES string of the molecule is CCCCCCCCCC(Cl)(Cl)C(Cl)(Cl)C(=O)O.O.O.O. The molecule has 0 aliphatic carbocycles. The second-order valence-corrected chi connectivity index (χ2v) is 7.27. The fraction of sp³-hybridized carbons (Fsp3) is 0.917. The molecule has 0 radical (unpaired) electrons. The molecular weight excluding hydrogens is 366 g/mol. The van der Waals surface area contributed by atoms with Crippen LogP contribution >= 0.6 is 46.4 Å². The first-order valence-electron chi connectivity index (χ1n) is 6.24. The smallest absolute Gasteiger partial charge is 0.343 e. The van der Waals surface area contributed by atoms with E-state index in [0.717, 1.165) is 12.8 Å². The van der Waals surface area contributed by atoms with Crippen molar-refractivity contribution in [3.63, 3.8) is 0 Å². The predicted octanol–water partition coefficient (Wildman–Crippen LogP) is 3.09. The molecule has 0 saturated heterocycles. The second kappa shape index (κ2) is 14.1. The minimum Gasteiger partial charge on any atom is -0.479 e. The molecule has 0 fully saturated rings. The van der Waals surface area contributed by atoms with Crippen LogP contribution in [0.25, 0.3) is 0 Å². The first-order chi connectivity index (χ1) is 8.25. The quantitative estimate of drug-likeness (QED) is 0.452.